The van der Waals surface area contributed by atoms with Crippen molar-refractivity contribution in [3.63, 3.8) is 0 Å². The summed E-state index contributed by atoms with van der Waals surface area (Å²) in [7, 11) is 0. The van der Waals surface area contributed by atoms with Crippen LogP contribution in [0.1, 0.15) is 26.2 Å². The van der Waals surface area contributed by atoms with Crippen molar-refractivity contribution in [3.05, 3.63) is 23.3 Å². The summed E-state index contributed by atoms with van der Waals surface area (Å²) in [6, 6.07) is 0. The Kier molecular flexibility index (Phi) is 4.73. The Morgan fingerprint density at radius 3 is 2.90 bits per heavy atom. The van der Waals surface area contributed by atoms with Gasteiger partial charge in [-0.05, 0) is 30.1 Å². The fraction of sp³-hybridized carbons (Fsp3) is 0.600. The molecule has 2 aliphatic rings. The van der Waals surface area contributed by atoms with Gasteiger partial charge in [-0.15, -0.1) is 0 Å². The zero-order valence-corrected chi connectivity index (χ0v) is 11.5. The zero-order chi connectivity index (χ0) is 14.7. The van der Waals surface area contributed by atoms with Crippen molar-refractivity contribution >= 4 is 12.3 Å². The number of carbonyl (C=O) groups is 2. The Balaban J connectivity index is 2.34. The van der Waals surface area contributed by atoms with E-state index in [9.17, 15) is 19.8 Å². The molecule has 110 valence electrons. The molecule has 0 amide bonds. The Morgan fingerprint density at radius 1 is 1.50 bits per heavy atom. The standard InChI is InChI=1S/C15H20O5/c1-9-14-12(18)5-10(7-16)3-2-4-11(8-17)6-13(14)20-15(9)19/h3,6-7,9,12-14,17-18H,2,4-5,8H2,1H3/b10-3+,11-6+/t9-,12-,13+,14+/m0/s1. The molecule has 2 N–H and O–H groups in total. The molecular formula is C15H20O5. The maximum atomic E-state index is 11.7. The van der Waals surface area contributed by atoms with Crippen LogP contribution in [-0.4, -0.2) is 41.3 Å². The monoisotopic (exact) mass is 280 g/mol. The molecule has 1 aliphatic heterocycles. The van der Waals surface area contributed by atoms with Crippen LogP contribution in [0.2, 0.25) is 0 Å². The topological polar surface area (TPSA) is 83.8 Å². The van der Waals surface area contributed by atoms with Gasteiger partial charge in [0.05, 0.1) is 18.6 Å². The number of aliphatic hydroxyl groups is 2. The lowest BCUT2D eigenvalue weighted by Crippen LogP contribution is -2.32. The van der Waals surface area contributed by atoms with E-state index in [2.05, 4.69) is 0 Å². The number of aldehydes is 1. The minimum absolute atomic E-state index is 0.116. The van der Waals surface area contributed by atoms with E-state index in [4.69, 9.17) is 4.74 Å². The molecule has 5 nitrogen and oxygen atoms in total. The molecule has 0 bridgehead atoms. The number of fused-ring (bicyclic) bond motifs is 1. The first-order valence-electron chi connectivity index (χ1n) is 6.90. The van der Waals surface area contributed by atoms with E-state index in [1.165, 1.54) is 0 Å². The lowest BCUT2D eigenvalue weighted by molar-refractivity contribution is -0.142. The molecule has 0 spiro atoms. The van der Waals surface area contributed by atoms with Gasteiger partial charge in [-0.2, -0.15) is 0 Å². The number of carbonyl (C=O) groups excluding carboxylic acids is 2. The summed E-state index contributed by atoms with van der Waals surface area (Å²) in [6.45, 7) is 1.61. The van der Waals surface area contributed by atoms with Gasteiger partial charge in [-0.3, -0.25) is 9.59 Å². The van der Waals surface area contributed by atoms with Crippen molar-refractivity contribution in [1.82, 2.24) is 0 Å². The second kappa shape index (κ2) is 6.33. The van der Waals surface area contributed by atoms with Crippen LogP contribution in [0, 0.1) is 11.8 Å². The SMILES string of the molecule is C[C@@H]1C(=O)O[C@@H]2/C=C(/CO)CC/C=C(/C=O)C[C@H](O)[C@@H]12. The molecule has 4 atom stereocenters. The van der Waals surface area contributed by atoms with Gasteiger partial charge in [0.15, 0.2) is 0 Å². The normalized spacial score (nSPS) is 39.9. The number of hydrogen-bond acceptors (Lipinski definition) is 5. The van der Waals surface area contributed by atoms with Gasteiger partial charge in [0.1, 0.15) is 12.4 Å². The lowest BCUT2D eigenvalue weighted by Gasteiger charge is -2.24. The molecule has 1 heterocycles. The van der Waals surface area contributed by atoms with E-state index in [-0.39, 0.29) is 24.9 Å². The largest absolute Gasteiger partial charge is 0.457 e. The lowest BCUT2D eigenvalue weighted by atomic mass is 9.82. The highest BCUT2D eigenvalue weighted by molar-refractivity contribution is 5.76. The number of esters is 1. The summed E-state index contributed by atoms with van der Waals surface area (Å²) >= 11 is 0. The zero-order valence-electron chi connectivity index (χ0n) is 11.5. The molecule has 0 aromatic heterocycles. The second-order valence-corrected chi connectivity index (χ2v) is 5.46. The van der Waals surface area contributed by atoms with Crippen LogP contribution in [0.25, 0.3) is 0 Å². The van der Waals surface area contributed by atoms with Gasteiger partial charge in [-0.1, -0.05) is 13.0 Å². The third kappa shape index (κ3) is 2.99. The summed E-state index contributed by atoms with van der Waals surface area (Å²) in [4.78, 5) is 22.7. The first kappa shape index (κ1) is 14.9. The number of allylic oxidation sites excluding steroid dienone is 1. The van der Waals surface area contributed by atoms with Gasteiger partial charge < -0.3 is 14.9 Å². The summed E-state index contributed by atoms with van der Waals surface area (Å²) < 4.78 is 5.29. The molecule has 1 saturated heterocycles. The molecule has 20 heavy (non-hydrogen) atoms. The minimum atomic E-state index is -0.813. The van der Waals surface area contributed by atoms with Gasteiger partial charge in [-0.25, -0.2) is 0 Å². The Labute approximate surface area is 117 Å². The van der Waals surface area contributed by atoms with Crippen LogP contribution in [0.5, 0.6) is 0 Å². The highest BCUT2D eigenvalue weighted by Crippen LogP contribution is 2.35. The first-order chi connectivity index (χ1) is 9.56. The summed E-state index contributed by atoms with van der Waals surface area (Å²) in [6.07, 6.45) is 4.39. The number of ether oxygens (including phenoxy) is 1. The Bertz CT molecular complexity index is 451. The maximum Gasteiger partial charge on any atom is 0.309 e. The van der Waals surface area contributed by atoms with E-state index >= 15 is 0 Å². The smallest absolute Gasteiger partial charge is 0.309 e. The summed E-state index contributed by atoms with van der Waals surface area (Å²) in [5, 5.41) is 19.7. The second-order valence-electron chi connectivity index (χ2n) is 5.46. The summed E-state index contributed by atoms with van der Waals surface area (Å²) in [5.74, 6) is -1.15. The third-order valence-corrected chi connectivity index (χ3v) is 4.10. The van der Waals surface area contributed by atoms with Crippen molar-refractivity contribution in [2.24, 2.45) is 11.8 Å². The Morgan fingerprint density at radius 2 is 2.25 bits per heavy atom. The van der Waals surface area contributed by atoms with Crippen LogP contribution < -0.4 is 0 Å². The molecule has 0 unspecified atom stereocenters. The molecule has 0 aromatic rings. The highest BCUT2D eigenvalue weighted by atomic mass is 16.6. The van der Waals surface area contributed by atoms with Crippen LogP contribution in [0.15, 0.2) is 23.3 Å². The van der Waals surface area contributed by atoms with Crippen molar-refractivity contribution < 1.29 is 24.5 Å². The summed E-state index contributed by atoms with van der Waals surface area (Å²) in [5.41, 5.74) is 1.29. The highest BCUT2D eigenvalue weighted by Gasteiger charge is 2.44. The molecule has 1 fully saturated rings. The Hall–Kier alpha value is -1.46. The van der Waals surface area contributed by atoms with E-state index in [0.29, 0.717) is 18.4 Å². The first-order valence-corrected chi connectivity index (χ1v) is 6.90. The van der Waals surface area contributed by atoms with E-state index < -0.39 is 18.1 Å². The van der Waals surface area contributed by atoms with E-state index in [0.717, 1.165) is 11.9 Å². The molecular weight excluding hydrogens is 260 g/mol. The van der Waals surface area contributed by atoms with Gasteiger partial charge in [0, 0.05) is 12.3 Å². The van der Waals surface area contributed by atoms with Crippen LogP contribution in [0.4, 0.5) is 0 Å². The van der Waals surface area contributed by atoms with Gasteiger partial charge in [0.2, 0.25) is 0 Å². The quantitative estimate of drug-likeness (QED) is 0.443. The molecule has 1 aliphatic carbocycles. The van der Waals surface area contributed by atoms with Crippen molar-refractivity contribution in [2.45, 2.75) is 38.4 Å². The van der Waals surface area contributed by atoms with Gasteiger partial charge in [0.25, 0.3) is 0 Å². The van der Waals surface area contributed by atoms with Gasteiger partial charge >= 0.3 is 5.97 Å². The fourth-order valence-electron chi connectivity index (χ4n) is 2.91. The predicted octanol–water partition coefficient (Wildman–Crippen LogP) is 0.753. The predicted molar refractivity (Wildman–Crippen MR) is 71.7 cm³/mol. The number of aliphatic hydroxyl groups excluding tert-OH is 2. The van der Waals surface area contributed by atoms with E-state index in [1.54, 1.807) is 19.1 Å². The number of rotatable bonds is 2. The molecule has 0 radical (unpaired) electrons. The van der Waals surface area contributed by atoms with Crippen LogP contribution in [0.3, 0.4) is 0 Å². The van der Waals surface area contributed by atoms with Crippen LogP contribution >= 0.6 is 0 Å². The molecule has 0 aromatic carbocycles. The fourth-order valence-corrected chi connectivity index (χ4v) is 2.91. The van der Waals surface area contributed by atoms with Crippen molar-refractivity contribution in [2.75, 3.05) is 6.61 Å². The van der Waals surface area contributed by atoms with Crippen LogP contribution in [-0.2, 0) is 14.3 Å². The molecule has 5 heteroatoms. The average Bonchev–Trinajstić information content (AvgIpc) is 2.71. The van der Waals surface area contributed by atoms with Crippen molar-refractivity contribution in [1.29, 1.82) is 0 Å². The average molecular weight is 280 g/mol. The number of hydrogen-bond donors (Lipinski definition) is 2. The minimum Gasteiger partial charge on any atom is -0.457 e. The van der Waals surface area contributed by atoms with Crippen molar-refractivity contribution in [3.8, 4) is 0 Å². The molecule has 2 rings (SSSR count). The third-order valence-electron chi connectivity index (χ3n) is 4.10. The van der Waals surface area contributed by atoms with E-state index in [1.807, 2.05) is 0 Å². The maximum absolute atomic E-state index is 11.7. The molecule has 0 saturated carbocycles.